The highest BCUT2D eigenvalue weighted by Crippen LogP contribution is 2.19. The van der Waals surface area contributed by atoms with Gasteiger partial charge < -0.3 is 15.3 Å². The van der Waals surface area contributed by atoms with Crippen LogP contribution in [0.2, 0.25) is 0 Å². The molecule has 0 bridgehead atoms. The van der Waals surface area contributed by atoms with Gasteiger partial charge in [-0.05, 0) is 18.9 Å². The van der Waals surface area contributed by atoms with E-state index in [2.05, 4.69) is 5.32 Å². The fourth-order valence-electron chi connectivity index (χ4n) is 1.96. The van der Waals surface area contributed by atoms with Gasteiger partial charge in [0.05, 0.1) is 12.2 Å². The first-order valence-corrected chi connectivity index (χ1v) is 6.37. The third-order valence-electron chi connectivity index (χ3n) is 3.10. The number of aliphatic carboxylic acids is 1. The summed E-state index contributed by atoms with van der Waals surface area (Å²) in [5.41, 5.74) is 0.719. The van der Waals surface area contributed by atoms with Gasteiger partial charge in [0, 0.05) is 6.04 Å². The van der Waals surface area contributed by atoms with Crippen LogP contribution in [0.25, 0.3) is 0 Å². The Labute approximate surface area is 112 Å². The topological polar surface area (TPSA) is 89.8 Å². The van der Waals surface area contributed by atoms with Crippen molar-refractivity contribution in [1.82, 2.24) is 5.32 Å². The van der Waals surface area contributed by atoms with Gasteiger partial charge in [-0.15, -0.1) is 0 Å². The van der Waals surface area contributed by atoms with Crippen LogP contribution >= 0.6 is 0 Å². The Morgan fingerprint density at radius 1 is 1.26 bits per heavy atom. The molecule has 4 N–H and O–H groups in total. The lowest BCUT2D eigenvalue weighted by atomic mass is 9.98. The van der Waals surface area contributed by atoms with E-state index >= 15 is 0 Å². The second-order valence-corrected chi connectivity index (χ2v) is 4.59. The molecular weight excluding hydrogens is 246 g/mol. The van der Waals surface area contributed by atoms with Gasteiger partial charge in [-0.3, -0.25) is 10.1 Å². The minimum Gasteiger partial charge on any atom is -0.480 e. The lowest BCUT2D eigenvalue weighted by Gasteiger charge is -2.28. The maximum atomic E-state index is 11.0. The summed E-state index contributed by atoms with van der Waals surface area (Å²) in [6.07, 6.45) is -1.30. The number of nitrogens with one attached hydrogen (secondary N) is 1. The third kappa shape index (κ3) is 4.31. The molecule has 0 fully saturated rings. The first kappa shape index (κ1) is 15.6. The number of hydrogen-bond donors (Lipinski definition) is 4. The first-order valence-electron chi connectivity index (χ1n) is 6.37. The maximum absolute atomic E-state index is 11.0. The molecule has 4 atom stereocenters. The van der Waals surface area contributed by atoms with Gasteiger partial charge in [0.15, 0.2) is 0 Å². The standard InChI is InChI=1S/C14H21NO4/c1-3-11(15-12(9(2)16)14(18)19)13(17)10-7-5-4-6-8-10/h4-9,11-13,15-17H,3H2,1-2H3,(H,18,19). The van der Waals surface area contributed by atoms with E-state index in [0.717, 1.165) is 5.56 Å². The van der Waals surface area contributed by atoms with Crippen molar-refractivity contribution in [2.45, 2.75) is 44.6 Å². The summed E-state index contributed by atoms with van der Waals surface area (Å²) in [6.45, 7) is 3.26. The van der Waals surface area contributed by atoms with E-state index in [1.165, 1.54) is 6.92 Å². The Morgan fingerprint density at radius 3 is 2.26 bits per heavy atom. The van der Waals surface area contributed by atoms with Crippen LogP contribution in [-0.4, -0.2) is 39.5 Å². The zero-order valence-electron chi connectivity index (χ0n) is 11.2. The highest BCUT2D eigenvalue weighted by atomic mass is 16.4. The van der Waals surface area contributed by atoms with Gasteiger partial charge in [0.1, 0.15) is 6.04 Å². The zero-order chi connectivity index (χ0) is 14.4. The number of aliphatic hydroxyl groups is 2. The molecule has 1 rings (SSSR count). The monoisotopic (exact) mass is 267 g/mol. The number of carboxylic acids is 1. The molecule has 5 heteroatoms. The maximum Gasteiger partial charge on any atom is 0.323 e. The summed E-state index contributed by atoms with van der Waals surface area (Å²) in [6, 6.07) is 7.52. The van der Waals surface area contributed by atoms with Gasteiger partial charge in [-0.1, -0.05) is 37.3 Å². The molecule has 4 unspecified atom stereocenters. The fraction of sp³-hybridized carbons (Fsp3) is 0.500. The Kier molecular flexibility index (Phi) is 5.95. The van der Waals surface area contributed by atoms with Crippen LogP contribution in [0.3, 0.4) is 0 Å². The number of aliphatic hydroxyl groups excluding tert-OH is 2. The molecule has 0 saturated heterocycles. The van der Waals surface area contributed by atoms with E-state index in [-0.39, 0.29) is 0 Å². The van der Waals surface area contributed by atoms with Crippen molar-refractivity contribution >= 4 is 5.97 Å². The van der Waals surface area contributed by atoms with Crippen molar-refractivity contribution in [1.29, 1.82) is 0 Å². The second-order valence-electron chi connectivity index (χ2n) is 4.59. The molecule has 0 aliphatic rings. The van der Waals surface area contributed by atoms with Gasteiger partial charge >= 0.3 is 5.97 Å². The predicted octanol–water partition coefficient (Wildman–Crippen LogP) is 0.922. The molecule has 0 aromatic heterocycles. The average Bonchev–Trinajstić information content (AvgIpc) is 2.39. The van der Waals surface area contributed by atoms with Crippen LogP contribution in [0, 0.1) is 0 Å². The first-order chi connectivity index (χ1) is 8.97. The summed E-state index contributed by atoms with van der Waals surface area (Å²) in [5, 5.41) is 31.5. The third-order valence-corrected chi connectivity index (χ3v) is 3.10. The van der Waals surface area contributed by atoms with Gasteiger partial charge in [0.25, 0.3) is 0 Å². The largest absolute Gasteiger partial charge is 0.480 e. The van der Waals surface area contributed by atoms with E-state index in [0.29, 0.717) is 6.42 Å². The van der Waals surface area contributed by atoms with Crippen molar-refractivity contribution in [3.05, 3.63) is 35.9 Å². The number of hydrogen-bond acceptors (Lipinski definition) is 4. The Hall–Kier alpha value is -1.43. The van der Waals surface area contributed by atoms with Crippen molar-refractivity contribution in [3.8, 4) is 0 Å². The molecule has 0 heterocycles. The molecule has 19 heavy (non-hydrogen) atoms. The van der Waals surface area contributed by atoms with Gasteiger partial charge in [-0.25, -0.2) is 0 Å². The number of carbonyl (C=O) groups is 1. The molecule has 0 saturated carbocycles. The molecule has 0 aliphatic carbocycles. The van der Waals surface area contributed by atoms with Crippen LogP contribution in [0.5, 0.6) is 0 Å². The zero-order valence-corrected chi connectivity index (χ0v) is 11.2. The minimum atomic E-state index is -1.13. The van der Waals surface area contributed by atoms with Gasteiger partial charge in [0.2, 0.25) is 0 Å². The molecule has 1 aromatic rings. The molecule has 1 aromatic carbocycles. The summed E-state index contributed by atoms with van der Waals surface area (Å²) >= 11 is 0. The SMILES string of the molecule is CCC(NC(C(=O)O)C(C)O)C(O)c1ccccc1. The summed E-state index contributed by atoms with van der Waals surface area (Å²) in [7, 11) is 0. The Bertz CT molecular complexity index is 394. The minimum absolute atomic E-state index is 0.432. The van der Waals surface area contributed by atoms with Crippen molar-refractivity contribution in [3.63, 3.8) is 0 Å². The fourth-order valence-corrected chi connectivity index (χ4v) is 1.96. The molecule has 106 valence electrons. The molecule has 5 nitrogen and oxygen atoms in total. The smallest absolute Gasteiger partial charge is 0.323 e. The Balaban J connectivity index is 2.80. The van der Waals surface area contributed by atoms with Crippen LogP contribution < -0.4 is 5.32 Å². The average molecular weight is 267 g/mol. The quantitative estimate of drug-likeness (QED) is 0.590. The molecule has 0 amide bonds. The summed E-state index contributed by atoms with van der Waals surface area (Å²) < 4.78 is 0. The van der Waals surface area contributed by atoms with E-state index in [9.17, 15) is 15.0 Å². The summed E-state index contributed by atoms with van der Waals surface area (Å²) in [5.74, 6) is -1.13. The normalized spacial score (nSPS) is 17.5. The predicted molar refractivity (Wildman–Crippen MR) is 71.7 cm³/mol. The Morgan fingerprint density at radius 2 is 1.84 bits per heavy atom. The van der Waals surface area contributed by atoms with E-state index < -0.39 is 30.3 Å². The van der Waals surface area contributed by atoms with E-state index in [1.54, 1.807) is 12.1 Å². The van der Waals surface area contributed by atoms with Crippen LogP contribution in [0.4, 0.5) is 0 Å². The number of carboxylic acid groups (broad SMARTS) is 1. The van der Waals surface area contributed by atoms with E-state index in [4.69, 9.17) is 5.11 Å². The molecular formula is C14H21NO4. The van der Waals surface area contributed by atoms with Crippen molar-refractivity contribution in [2.24, 2.45) is 0 Å². The highest BCUT2D eigenvalue weighted by Gasteiger charge is 2.29. The van der Waals surface area contributed by atoms with Gasteiger partial charge in [-0.2, -0.15) is 0 Å². The van der Waals surface area contributed by atoms with Crippen molar-refractivity contribution < 1.29 is 20.1 Å². The molecule has 0 aliphatic heterocycles. The van der Waals surface area contributed by atoms with E-state index in [1.807, 2.05) is 25.1 Å². The molecule has 0 radical (unpaired) electrons. The number of benzene rings is 1. The lowest BCUT2D eigenvalue weighted by Crippen LogP contribution is -2.51. The molecule has 0 spiro atoms. The highest BCUT2D eigenvalue weighted by molar-refractivity contribution is 5.74. The van der Waals surface area contributed by atoms with Crippen LogP contribution in [-0.2, 0) is 4.79 Å². The number of rotatable bonds is 7. The lowest BCUT2D eigenvalue weighted by molar-refractivity contribution is -0.142. The van der Waals surface area contributed by atoms with Crippen LogP contribution in [0.15, 0.2) is 30.3 Å². The van der Waals surface area contributed by atoms with Crippen LogP contribution in [0.1, 0.15) is 31.9 Å². The summed E-state index contributed by atoms with van der Waals surface area (Å²) in [4.78, 5) is 11.0. The second kappa shape index (κ2) is 7.23. The van der Waals surface area contributed by atoms with Crippen molar-refractivity contribution in [2.75, 3.05) is 0 Å².